The number of H-pyrrole nitrogens is 1. The van der Waals surface area contributed by atoms with Gasteiger partial charge in [-0.2, -0.15) is 0 Å². The number of halogens is 1. The molecule has 1 unspecified atom stereocenters. The van der Waals surface area contributed by atoms with Crippen LogP contribution in [0.5, 0.6) is 0 Å². The number of carbonyl (C=O) groups excluding carboxylic acids is 1. The predicted octanol–water partition coefficient (Wildman–Crippen LogP) is 2.92. The summed E-state index contributed by atoms with van der Waals surface area (Å²) in [6, 6.07) is 14.5. The number of nitrogens with zero attached hydrogens (tertiary/aromatic N) is 2. The van der Waals surface area contributed by atoms with Gasteiger partial charge >= 0.3 is 5.69 Å². The monoisotopic (exact) mass is 405 g/mol. The highest BCUT2D eigenvalue weighted by Gasteiger charge is 2.44. The number of rotatable bonds is 1. The Balaban J connectivity index is 1.93. The molecule has 6 nitrogen and oxygen atoms in total. The second-order valence-electron chi connectivity index (χ2n) is 7.21. The van der Waals surface area contributed by atoms with E-state index in [1.807, 2.05) is 30.3 Å². The molecule has 29 heavy (non-hydrogen) atoms. The molecule has 1 N–H and O–H groups in total. The second-order valence-corrected chi connectivity index (χ2v) is 7.61. The van der Waals surface area contributed by atoms with Gasteiger partial charge in [0.2, 0.25) is 0 Å². The first-order valence-corrected chi connectivity index (χ1v) is 9.49. The molecule has 0 bridgehead atoms. The van der Waals surface area contributed by atoms with E-state index in [1.54, 1.807) is 30.1 Å². The minimum atomic E-state index is -0.680. The highest BCUT2D eigenvalue weighted by molar-refractivity contribution is 6.32. The molecule has 1 atom stereocenters. The maximum Gasteiger partial charge on any atom is 0.329 e. The van der Waals surface area contributed by atoms with Gasteiger partial charge in [0.1, 0.15) is 5.82 Å². The van der Waals surface area contributed by atoms with Crippen LogP contribution in [0, 0.1) is 0 Å². The molecule has 1 aromatic heterocycles. The smallest absolute Gasteiger partial charge is 0.329 e. The third-order valence-electron chi connectivity index (χ3n) is 5.71. The van der Waals surface area contributed by atoms with E-state index >= 15 is 0 Å². The molecule has 0 saturated carbocycles. The van der Waals surface area contributed by atoms with Crippen molar-refractivity contribution >= 4 is 28.9 Å². The number of anilines is 1. The van der Waals surface area contributed by atoms with Crippen molar-refractivity contribution in [2.24, 2.45) is 7.05 Å². The highest BCUT2D eigenvalue weighted by Crippen LogP contribution is 2.50. The summed E-state index contributed by atoms with van der Waals surface area (Å²) >= 11 is 6.51. The van der Waals surface area contributed by atoms with Crippen LogP contribution < -0.4 is 16.1 Å². The Morgan fingerprint density at radius 1 is 0.931 bits per heavy atom. The average Bonchev–Trinajstić information content (AvgIpc) is 3.01. The van der Waals surface area contributed by atoms with Crippen molar-refractivity contribution in [3.05, 3.63) is 102 Å². The van der Waals surface area contributed by atoms with Crippen LogP contribution in [0.4, 0.5) is 5.82 Å². The van der Waals surface area contributed by atoms with E-state index in [9.17, 15) is 14.4 Å². The van der Waals surface area contributed by atoms with E-state index in [-0.39, 0.29) is 5.78 Å². The van der Waals surface area contributed by atoms with Crippen LogP contribution in [0.2, 0.25) is 5.02 Å². The van der Waals surface area contributed by atoms with Crippen molar-refractivity contribution in [3.63, 3.8) is 0 Å². The number of Topliss-reactive ketones (excluding diaryl/α,β-unsaturated/α-hetero) is 1. The summed E-state index contributed by atoms with van der Waals surface area (Å²) in [4.78, 5) is 43.5. The van der Waals surface area contributed by atoms with Crippen LogP contribution in [-0.4, -0.2) is 22.4 Å². The van der Waals surface area contributed by atoms with Crippen LogP contribution in [0.3, 0.4) is 0 Å². The van der Waals surface area contributed by atoms with E-state index in [2.05, 4.69) is 4.98 Å². The maximum absolute atomic E-state index is 13.4. The third-order valence-corrected chi connectivity index (χ3v) is 6.06. The second kappa shape index (κ2) is 6.06. The largest absolute Gasteiger partial charge is 0.330 e. The Kier molecular flexibility index (Phi) is 3.70. The van der Waals surface area contributed by atoms with Gasteiger partial charge in [0.15, 0.2) is 5.78 Å². The summed E-state index contributed by atoms with van der Waals surface area (Å²) in [5, 5.41) is 0.455. The number of nitrogens with one attached hydrogen (secondary N) is 1. The summed E-state index contributed by atoms with van der Waals surface area (Å²) in [5.41, 5.74) is 2.57. The molecule has 2 heterocycles. The predicted molar refractivity (Wildman–Crippen MR) is 112 cm³/mol. The Morgan fingerprint density at radius 2 is 1.59 bits per heavy atom. The lowest BCUT2D eigenvalue weighted by molar-refractivity contribution is 0.103. The molecule has 2 aromatic carbocycles. The molecular weight excluding hydrogens is 390 g/mol. The van der Waals surface area contributed by atoms with Crippen molar-refractivity contribution in [3.8, 4) is 0 Å². The van der Waals surface area contributed by atoms with Gasteiger partial charge in [0.05, 0.1) is 17.2 Å². The summed E-state index contributed by atoms with van der Waals surface area (Å²) in [5.74, 6) is -0.433. The van der Waals surface area contributed by atoms with E-state index in [0.717, 1.165) is 10.1 Å². The fraction of sp³-hybridized carbons (Fsp3) is 0.136. The van der Waals surface area contributed by atoms with Gasteiger partial charge in [0, 0.05) is 35.8 Å². The highest BCUT2D eigenvalue weighted by atomic mass is 35.5. The van der Waals surface area contributed by atoms with Crippen LogP contribution in [0.1, 0.15) is 33.0 Å². The van der Waals surface area contributed by atoms with E-state index < -0.39 is 17.2 Å². The summed E-state index contributed by atoms with van der Waals surface area (Å²) in [6.45, 7) is 0. The van der Waals surface area contributed by atoms with E-state index in [0.29, 0.717) is 38.8 Å². The first kappa shape index (κ1) is 17.7. The van der Waals surface area contributed by atoms with Gasteiger partial charge in [-0.15, -0.1) is 0 Å². The first-order chi connectivity index (χ1) is 13.9. The summed E-state index contributed by atoms with van der Waals surface area (Å²) in [7, 11) is 3.17. The number of fused-ring (bicyclic) bond motifs is 3. The molecule has 0 radical (unpaired) electrons. The molecule has 5 rings (SSSR count). The summed E-state index contributed by atoms with van der Waals surface area (Å²) in [6.07, 6.45) is 0. The van der Waals surface area contributed by atoms with Crippen molar-refractivity contribution in [2.45, 2.75) is 5.92 Å². The van der Waals surface area contributed by atoms with Gasteiger partial charge in [-0.05, 0) is 11.6 Å². The zero-order valence-corrected chi connectivity index (χ0v) is 16.4. The van der Waals surface area contributed by atoms with Gasteiger partial charge in [-0.1, -0.05) is 54.1 Å². The third kappa shape index (κ3) is 2.26. The van der Waals surface area contributed by atoms with Crippen molar-refractivity contribution in [2.75, 3.05) is 11.9 Å². The van der Waals surface area contributed by atoms with Gasteiger partial charge < -0.3 is 4.90 Å². The number of benzene rings is 2. The normalized spacial score (nSPS) is 17.3. The van der Waals surface area contributed by atoms with Crippen molar-refractivity contribution in [1.82, 2.24) is 9.55 Å². The van der Waals surface area contributed by atoms with Gasteiger partial charge in [-0.3, -0.25) is 19.1 Å². The average molecular weight is 406 g/mol. The molecule has 1 aliphatic carbocycles. The SMILES string of the molecule is CN1C2=C(C(=O)c3ccccc32)C(c2ccccc2Cl)c2c1[nH]c(=O)n(C)c2=O. The van der Waals surface area contributed by atoms with Crippen molar-refractivity contribution < 1.29 is 4.79 Å². The molecule has 0 amide bonds. The van der Waals surface area contributed by atoms with Crippen molar-refractivity contribution in [1.29, 1.82) is 0 Å². The maximum atomic E-state index is 13.4. The number of aromatic nitrogens is 2. The topological polar surface area (TPSA) is 75.2 Å². The Morgan fingerprint density at radius 3 is 2.31 bits per heavy atom. The number of hydrogen-bond acceptors (Lipinski definition) is 4. The Hall–Kier alpha value is -3.38. The fourth-order valence-electron chi connectivity index (χ4n) is 4.34. The fourth-order valence-corrected chi connectivity index (χ4v) is 4.59. The number of carbonyl (C=O) groups is 1. The minimum Gasteiger partial charge on any atom is -0.330 e. The molecule has 0 saturated heterocycles. The van der Waals surface area contributed by atoms with Crippen LogP contribution in [-0.2, 0) is 7.05 Å². The standard InChI is InChI=1S/C22H16ClN3O3/c1-25-18-11-7-3-4-8-12(11)19(27)16(18)15(13-9-5-6-10-14(13)23)17-20(25)24-22(29)26(2)21(17)28/h3-10,15H,1-2H3,(H,24,29). The number of hydrogen-bond donors (Lipinski definition) is 1. The number of aromatic amines is 1. The first-order valence-electron chi connectivity index (χ1n) is 9.11. The Bertz CT molecular complexity index is 1370. The van der Waals surface area contributed by atoms with E-state index in [1.165, 1.54) is 7.05 Å². The minimum absolute atomic E-state index is 0.133. The molecule has 0 spiro atoms. The van der Waals surface area contributed by atoms with E-state index in [4.69, 9.17) is 11.6 Å². The molecule has 2 aliphatic rings. The number of ketones is 1. The molecule has 1 aliphatic heterocycles. The zero-order valence-electron chi connectivity index (χ0n) is 15.7. The molecule has 7 heteroatoms. The zero-order chi connectivity index (χ0) is 20.4. The van der Waals surface area contributed by atoms with Crippen LogP contribution in [0.25, 0.3) is 5.70 Å². The molecule has 0 fully saturated rings. The lowest BCUT2D eigenvalue weighted by Crippen LogP contribution is -2.41. The molecular formula is C22H16ClN3O3. The quantitative estimate of drug-likeness (QED) is 0.675. The van der Waals surface area contributed by atoms with Crippen LogP contribution >= 0.6 is 11.6 Å². The molecule has 144 valence electrons. The van der Waals surface area contributed by atoms with Crippen LogP contribution in [0.15, 0.2) is 63.7 Å². The van der Waals surface area contributed by atoms with Gasteiger partial charge in [0.25, 0.3) is 5.56 Å². The lowest BCUT2D eigenvalue weighted by atomic mass is 9.81. The molecule has 3 aromatic rings. The summed E-state index contributed by atoms with van der Waals surface area (Å²) < 4.78 is 1.02. The van der Waals surface area contributed by atoms with Gasteiger partial charge in [-0.25, -0.2) is 4.79 Å². The Labute approximate surface area is 170 Å². The number of allylic oxidation sites excluding steroid dienone is 1. The lowest BCUT2D eigenvalue weighted by Gasteiger charge is -2.34.